The minimum atomic E-state index is -0.493. The molecule has 0 saturated carbocycles. The number of nitrogens with zero attached hydrogens (tertiary/aromatic N) is 3. The van der Waals surface area contributed by atoms with Crippen molar-refractivity contribution < 1.29 is 9.53 Å². The molecule has 0 radical (unpaired) electrons. The molecule has 2 heterocycles. The Bertz CT molecular complexity index is 1120. The van der Waals surface area contributed by atoms with E-state index in [0.717, 1.165) is 11.3 Å². The van der Waals surface area contributed by atoms with Crippen molar-refractivity contribution in [2.24, 2.45) is 10.7 Å². The molecule has 1 atom stereocenters. The Morgan fingerprint density at radius 1 is 1.13 bits per heavy atom. The van der Waals surface area contributed by atoms with Gasteiger partial charge in [-0.25, -0.2) is 15.0 Å². The summed E-state index contributed by atoms with van der Waals surface area (Å²) in [6.45, 7) is 2.17. The van der Waals surface area contributed by atoms with Crippen molar-refractivity contribution in [1.29, 1.82) is 0 Å². The van der Waals surface area contributed by atoms with E-state index < -0.39 is 6.04 Å². The Kier molecular flexibility index (Phi) is 6.25. The molecule has 1 aliphatic heterocycles. The van der Waals surface area contributed by atoms with Crippen LogP contribution in [0.1, 0.15) is 24.4 Å². The highest BCUT2D eigenvalue weighted by molar-refractivity contribution is 6.30. The van der Waals surface area contributed by atoms with Gasteiger partial charge in [-0.2, -0.15) is 0 Å². The van der Waals surface area contributed by atoms with Crippen LogP contribution in [0.15, 0.2) is 59.6 Å². The number of nitrogens with two attached hydrogens (primary N) is 1. The Balaban J connectivity index is 1.61. The first-order valence-electron chi connectivity index (χ1n) is 9.93. The van der Waals surface area contributed by atoms with E-state index in [0.29, 0.717) is 46.7 Å². The SMILES string of the molecule is CC(=O)NCCc1nc(-c2ccccc2)nc2c1N=C(COc1ccc(Cl)cc1)C2N. The van der Waals surface area contributed by atoms with Crippen LogP contribution in [0.5, 0.6) is 5.75 Å². The van der Waals surface area contributed by atoms with Crippen molar-refractivity contribution in [3.8, 4) is 17.1 Å². The van der Waals surface area contributed by atoms with E-state index in [4.69, 9.17) is 37.0 Å². The lowest BCUT2D eigenvalue weighted by Gasteiger charge is -2.12. The second-order valence-electron chi connectivity index (χ2n) is 7.15. The fraction of sp³-hybridized carbons (Fsp3) is 0.217. The summed E-state index contributed by atoms with van der Waals surface area (Å²) in [5.74, 6) is 1.17. The van der Waals surface area contributed by atoms with E-state index >= 15 is 0 Å². The van der Waals surface area contributed by atoms with Crippen LogP contribution in [0.2, 0.25) is 5.02 Å². The highest BCUT2D eigenvalue weighted by atomic mass is 35.5. The zero-order chi connectivity index (χ0) is 21.8. The van der Waals surface area contributed by atoms with Crippen LogP contribution >= 0.6 is 11.6 Å². The largest absolute Gasteiger partial charge is 0.488 e. The number of rotatable bonds is 7. The lowest BCUT2D eigenvalue weighted by atomic mass is 10.1. The molecule has 158 valence electrons. The van der Waals surface area contributed by atoms with Crippen LogP contribution in [0.3, 0.4) is 0 Å². The van der Waals surface area contributed by atoms with Gasteiger partial charge in [-0.1, -0.05) is 41.9 Å². The van der Waals surface area contributed by atoms with E-state index in [-0.39, 0.29) is 12.5 Å². The highest BCUT2D eigenvalue weighted by Gasteiger charge is 2.29. The number of carbonyl (C=O) groups excluding carboxylic acids is 1. The molecule has 3 N–H and O–H groups in total. The number of aromatic nitrogens is 2. The molecular formula is C23H22ClN5O2. The van der Waals surface area contributed by atoms with Crippen molar-refractivity contribution in [2.75, 3.05) is 13.2 Å². The number of fused-ring (bicyclic) bond motifs is 1. The van der Waals surface area contributed by atoms with Crippen LogP contribution in [0.4, 0.5) is 5.69 Å². The molecule has 0 spiro atoms. The van der Waals surface area contributed by atoms with Gasteiger partial charge in [-0.15, -0.1) is 0 Å². The summed E-state index contributed by atoms with van der Waals surface area (Å²) in [6, 6.07) is 16.3. The third-order valence-electron chi connectivity index (χ3n) is 4.86. The fourth-order valence-corrected chi connectivity index (χ4v) is 3.41. The summed E-state index contributed by atoms with van der Waals surface area (Å²) in [6.07, 6.45) is 0.520. The molecule has 4 rings (SSSR count). The van der Waals surface area contributed by atoms with Crippen molar-refractivity contribution in [3.05, 3.63) is 71.0 Å². The van der Waals surface area contributed by atoms with Gasteiger partial charge in [0.25, 0.3) is 0 Å². The molecule has 0 bridgehead atoms. The third-order valence-corrected chi connectivity index (χ3v) is 5.11. The molecular weight excluding hydrogens is 414 g/mol. The highest BCUT2D eigenvalue weighted by Crippen LogP contribution is 2.35. The maximum Gasteiger partial charge on any atom is 0.216 e. The summed E-state index contributed by atoms with van der Waals surface area (Å²) >= 11 is 5.93. The Morgan fingerprint density at radius 3 is 2.58 bits per heavy atom. The van der Waals surface area contributed by atoms with E-state index in [9.17, 15) is 4.79 Å². The van der Waals surface area contributed by atoms with E-state index in [2.05, 4.69) is 5.32 Å². The quantitative estimate of drug-likeness (QED) is 0.589. The lowest BCUT2D eigenvalue weighted by molar-refractivity contribution is -0.118. The van der Waals surface area contributed by atoms with Gasteiger partial charge in [0.2, 0.25) is 5.91 Å². The van der Waals surface area contributed by atoms with Crippen LogP contribution < -0.4 is 15.8 Å². The summed E-state index contributed by atoms with van der Waals surface area (Å²) in [5.41, 5.74) is 10.1. The first kappa shape index (κ1) is 21.0. The van der Waals surface area contributed by atoms with Gasteiger partial charge in [0.15, 0.2) is 5.82 Å². The third kappa shape index (κ3) is 4.90. The van der Waals surface area contributed by atoms with Gasteiger partial charge in [0.1, 0.15) is 18.0 Å². The molecule has 7 nitrogen and oxygen atoms in total. The Morgan fingerprint density at radius 2 is 1.87 bits per heavy atom. The minimum Gasteiger partial charge on any atom is -0.488 e. The molecule has 1 amide bonds. The second kappa shape index (κ2) is 9.24. The smallest absolute Gasteiger partial charge is 0.216 e. The molecule has 2 aromatic carbocycles. The van der Waals surface area contributed by atoms with Crippen LogP contribution in [-0.2, 0) is 11.2 Å². The zero-order valence-electron chi connectivity index (χ0n) is 17.0. The molecule has 0 saturated heterocycles. The zero-order valence-corrected chi connectivity index (χ0v) is 17.8. The average molecular weight is 436 g/mol. The number of hydrogen-bond donors (Lipinski definition) is 2. The topological polar surface area (TPSA) is 102 Å². The van der Waals surface area contributed by atoms with E-state index in [1.54, 1.807) is 24.3 Å². The number of aliphatic imine (C=N–C) groups is 1. The van der Waals surface area contributed by atoms with Crippen molar-refractivity contribution >= 4 is 28.9 Å². The van der Waals surface area contributed by atoms with Crippen molar-refractivity contribution in [2.45, 2.75) is 19.4 Å². The predicted molar refractivity (Wildman–Crippen MR) is 121 cm³/mol. The number of ether oxygens (including phenoxy) is 1. The predicted octanol–water partition coefficient (Wildman–Crippen LogP) is 3.64. The standard InChI is InChI=1S/C23H22ClN5O2/c1-14(30)26-12-11-18-21-22(29-23(28-18)15-5-3-2-4-6-15)20(25)19(27-21)13-31-17-9-7-16(24)8-10-17/h2-10,20H,11-13,25H2,1H3,(H,26,30). The lowest BCUT2D eigenvalue weighted by Crippen LogP contribution is -2.25. The number of hydrogen-bond acceptors (Lipinski definition) is 6. The Hall–Kier alpha value is -3.29. The number of halogens is 1. The van der Waals surface area contributed by atoms with Crippen LogP contribution in [-0.4, -0.2) is 34.7 Å². The van der Waals surface area contributed by atoms with Gasteiger partial charge in [-0.05, 0) is 24.3 Å². The van der Waals surface area contributed by atoms with Gasteiger partial charge in [0, 0.05) is 30.5 Å². The molecule has 0 aliphatic carbocycles. The van der Waals surface area contributed by atoms with Gasteiger partial charge in [0.05, 0.1) is 23.1 Å². The molecule has 31 heavy (non-hydrogen) atoms. The molecule has 3 aromatic rings. The van der Waals surface area contributed by atoms with Crippen LogP contribution in [0, 0.1) is 0 Å². The maximum atomic E-state index is 11.3. The summed E-state index contributed by atoms with van der Waals surface area (Å²) in [7, 11) is 0. The monoisotopic (exact) mass is 435 g/mol. The molecule has 8 heteroatoms. The van der Waals surface area contributed by atoms with E-state index in [1.807, 2.05) is 30.3 Å². The maximum absolute atomic E-state index is 11.3. The number of carbonyl (C=O) groups is 1. The average Bonchev–Trinajstić information content (AvgIpc) is 3.09. The van der Waals surface area contributed by atoms with Crippen molar-refractivity contribution in [1.82, 2.24) is 15.3 Å². The molecule has 1 unspecified atom stereocenters. The summed E-state index contributed by atoms with van der Waals surface area (Å²) < 4.78 is 5.84. The molecule has 1 aromatic heterocycles. The Labute approximate surface area is 185 Å². The van der Waals surface area contributed by atoms with E-state index in [1.165, 1.54) is 6.92 Å². The summed E-state index contributed by atoms with van der Waals surface area (Å²) in [4.78, 5) is 25.4. The van der Waals surface area contributed by atoms with Gasteiger partial charge in [-0.3, -0.25) is 4.79 Å². The number of nitrogens with one attached hydrogen (secondary N) is 1. The fourth-order valence-electron chi connectivity index (χ4n) is 3.29. The first-order chi connectivity index (χ1) is 15.0. The number of amides is 1. The number of benzene rings is 2. The molecule has 0 fully saturated rings. The minimum absolute atomic E-state index is 0.0914. The van der Waals surface area contributed by atoms with Crippen LogP contribution in [0.25, 0.3) is 11.4 Å². The molecule has 1 aliphatic rings. The van der Waals surface area contributed by atoms with Gasteiger partial charge >= 0.3 is 0 Å². The normalized spacial score (nSPS) is 14.7. The second-order valence-corrected chi connectivity index (χ2v) is 7.59. The van der Waals surface area contributed by atoms with Gasteiger partial charge < -0.3 is 15.8 Å². The van der Waals surface area contributed by atoms with Crippen molar-refractivity contribution in [3.63, 3.8) is 0 Å². The first-order valence-corrected chi connectivity index (χ1v) is 10.3. The summed E-state index contributed by atoms with van der Waals surface area (Å²) in [5, 5.41) is 3.44.